The van der Waals surface area contributed by atoms with Crippen LogP contribution in [0.1, 0.15) is 45.0 Å². The second-order valence-electron chi connectivity index (χ2n) is 5.70. The molecule has 0 amide bonds. The number of aromatic nitrogens is 2. The van der Waals surface area contributed by atoms with E-state index in [1.807, 2.05) is 6.07 Å². The van der Waals surface area contributed by atoms with E-state index in [9.17, 15) is 4.39 Å². The van der Waals surface area contributed by atoms with Gasteiger partial charge in [0.25, 0.3) is 0 Å². The smallest absolute Gasteiger partial charge is 0.125 e. The van der Waals surface area contributed by atoms with Gasteiger partial charge in [0.1, 0.15) is 11.6 Å². The van der Waals surface area contributed by atoms with Crippen LogP contribution in [0, 0.1) is 5.82 Å². The molecule has 1 aromatic heterocycles. The Morgan fingerprint density at radius 2 is 2.21 bits per heavy atom. The van der Waals surface area contributed by atoms with Crippen molar-refractivity contribution < 1.29 is 4.39 Å². The summed E-state index contributed by atoms with van der Waals surface area (Å²) in [6.45, 7) is 7.53. The quantitative estimate of drug-likeness (QED) is 0.899. The van der Waals surface area contributed by atoms with Crippen LogP contribution in [0.2, 0.25) is 0 Å². The summed E-state index contributed by atoms with van der Waals surface area (Å²) in [5.74, 6) is 1.29. The molecule has 2 unspecified atom stereocenters. The molecule has 0 bridgehead atoms. The second kappa shape index (κ2) is 4.60. The first kappa shape index (κ1) is 12.6. The Balaban J connectivity index is 2.19. The van der Waals surface area contributed by atoms with Crippen LogP contribution in [0.5, 0.6) is 0 Å². The second-order valence-corrected chi connectivity index (χ2v) is 5.70. The zero-order chi connectivity index (χ0) is 13.6. The number of rotatable bonds is 2. The van der Waals surface area contributed by atoms with Gasteiger partial charge in [0.2, 0.25) is 0 Å². The molecule has 1 saturated heterocycles. The Hall–Kier alpha value is -1.42. The van der Waals surface area contributed by atoms with E-state index in [4.69, 9.17) is 4.98 Å². The number of halogens is 1. The fourth-order valence-electron chi connectivity index (χ4n) is 3.11. The van der Waals surface area contributed by atoms with E-state index in [2.05, 4.69) is 30.7 Å². The molecule has 0 radical (unpaired) electrons. The molecule has 3 rings (SSSR count). The van der Waals surface area contributed by atoms with Crippen molar-refractivity contribution >= 4 is 11.0 Å². The van der Waals surface area contributed by atoms with Crippen molar-refractivity contribution in [2.75, 3.05) is 6.54 Å². The molecule has 19 heavy (non-hydrogen) atoms. The van der Waals surface area contributed by atoms with Gasteiger partial charge in [-0.15, -0.1) is 0 Å². The van der Waals surface area contributed by atoms with Crippen molar-refractivity contribution in [3.8, 4) is 0 Å². The molecule has 2 atom stereocenters. The van der Waals surface area contributed by atoms with Crippen molar-refractivity contribution in [1.29, 1.82) is 0 Å². The Kier molecular flexibility index (Phi) is 3.05. The minimum atomic E-state index is -0.218. The number of nitrogens with zero attached hydrogens (tertiary/aromatic N) is 2. The first-order valence-corrected chi connectivity index (χ1v) is 6.98. The van der Waals surface area contributed by atoms with Gasteiger partial charge in [-0.05, 0) is 45.9 Å². The monoisotopic (exact) mass is 261 g/mol. The Morgan fingerprint density at radius 1 is 1.42 bits per heavy atom. The predicted molar refractivity (Wildman–Crippen MR) is 74.9 cm³/mol. The van der Waals surface area contributed by atoms with Crippen LogP contribution in [0.15, 0.2) is 18.2 Å². The van der Waals surface area contributed by atoms with Gasteiger partial charge in [-0.2, -0.15) is 0 Å². The number of benzene rings is 1. The van der Waals surface area contributed by atoms with E-state index in [1.165, 1.54) is 12.1 Å². The molecular weight excluding hydrogens is 241 g/mol. The molecule has 1 aromatic carbocycles. The number of hydrogen-bond donors (Lipinski definition) is 1. The highest BCUT2D eigenvalue weighted by molar-refractivity contribution is 5.76. The SMILES string of the molecule is CC1NCCC1c1nc2cc(F)ccc2n1C(C)C. The van der Waals surface area contributed by atoms with Gasteiger partial charge in [0, 0.05) is 24.1 Å². The molecule has 1 aliphatic heterocycles. The van der Waals surface area contributed by atoms with Gasteiger partial charge >= 0.3 is 0 Å². The third-order valence-corrected chi connectivity index (χ3v) is 4.05. The normalized spacial score (nSPS) is 23.6. The van der Waals surface area contributed by atoms with Gasteiger partial charge in [-0.25, -0.2) is 9.37 Å². The minimum Gasteiger partial charge on any atom is -0.325 e. The summed E-state index contributed by atoms with van der Waals surface area (Å²) in [5, 5.41) is 3.46. The van der Waals surface area contributed by atoms with Gasteiger partial charge in [0.15, 0.2) is 0 Å². The van der Waals surface area contributed by atoms with Crippen molar-refractivity contribution in [1.82, 2.24) is 14.9 Å². The lowest BCUT2D eigenvalue weighted by molar-refractivity contribution is 0.507. The van der Waals surface area contributed by atoms with E-state index in [0.29, 0.717) is 18.0 Å². The maximum Gasteiger partial charge on any atom is 0.125 e. The third-order valence-electron chi connectivity index (χ3n) is 4.05. The number of imidazole rings is 1. The van der Waals surface area contributed by atoms with Crippen molar-refractivity contribution in [2.24, 2.45) is 0 Å². The topological polar surface area (TPSA) is 29.9 Å². The van der Waals surface area contributed by atoms with Crippen LogP contribution >= 0.6 is 0 Å². The Bertz CT molecular complexity index is 603. The lowest BCUT2D eigenvalue weighted by Crippen LogP contribution is -2.24. The summed E-state index contributed by atoms with van der Waals surface area (Å²) in [5.41, 5.74) is 1.80. The maximum atomic E-state index is 13.4. The molecule has 0 aliphatic carbocycles. The molecule has 1 fully saturated rings. The predicted octanol–water partition coefficient (Wildman–Crippen LogP) is 3.22. The first-order valence-electron chi connectivity index (χ1n) is 6.98. The summed E-state index contributed by atoms with van der Waals surface area (Å²) >= 11 is 0. The van der Waals surface area contributed by atoms with Crippen LogP contribution in [0.25, 0.3) is 11.0 Å². The summed E-state index contributed by atoms with van der Waals surface area (Å²) in [4.78, 5) is 4.71. The van der Waals surface area contributed by atoms with E-state index in [-0.39, 0.29) is 5.82 Å². The summed E-state index contributed by atoms with van der Waals surface area (Å²) in [6.07, 6.45) is 1.10. The highest BCUT2D eigenvalue weighted by atomic mass is 19.1. The molecule has 1 aliphatic rings. The molecule has 2 aromatic rings. The minimum absolute atomic E-state index is 0.218. The van der Waals surface area contributed by atoms with Crippen LogP contribution in [-0.2, 0) is 0 Å². The lowest BCUT2D eigenvalue weighted by atomic mass is 10.0. The van der Waals surface area contributed by atoms with Crippen LogP contribution in [-0.4, -0.2) is 22.1 Å². The largest absolute Gasteiger partial charge is 0.325 e. The summed E-state index contributed by atoms with van der Waals surface area (Å²) < 4.78 is 15.6. The zero-order valence-electron chi connectivity index (χ0n) is 11.7. The number of nitrogens with one attached hydrogen (secondary N) is 1. The van der Waals surface area contributed by atoms with E-state index in [1.54, 1.807) is 0 Å². The van der Waals surface area contributed by atoms with Crippen LogP contribution < -0.4 is 5.32 Å². The molecule has 0 spiro atoms. The Morgan fingerprint density at radius 3 is 2.84 bits per heavy atom. The molecule has 0 saturated carbocycles. The molecule has 4 heteroatoms. The fraction of sp³-hybridized carbons (Fsp3) is 0.533. The highest BCUT2D eigenvalue weighted by Crippen LogP contribution is 2.32. The Labute approximate surface area is 112 Å². The zero-order valence-corrected chi connectivity index (χ0v) is 11.7. The standard InChI is InChI=1S/C15H20FN3/c1-9(2)19-14-5-4-11(16)8-13(14)18-15(19)12-6-7-17-10(12)3/h4-5,8-10,12,17H,6-7H2,1-3H3. The molecule has 102 valence electrons. The first-order chi connectivity index (χ1) is 9.08. The number of fused-ring (bicyclic) bond motifs is 1. The van der Waals surface area contributed by atoms with Crippen LogP contribution in [0.4, 0.5) is 4.39 Å². The summed E-state index contributed by atoms with van der Waals surface area (Å²) in [6, 6.07) is 5.65. The lowest BCUT2D eigenvalue weighted by Gasteiger charge is -2.19. The van der Waals surface area contributed by atoms with Crippen molar-refractivity contribution in [3.63, 3.8) is 0 Å². The van der Waals surface area contributed by atoms with Gasteiger partial charge in [-0.3, -0.25) is 0 Å². The average Bonchev–Trinajstić information content (AvgIpc) is 2.91. The third kappa shape index (κ3) is 2.04. The van der Waals surface area contributed by atoms with E-state index >= 15 is 0 Å². The van der Waals surface area contributed by atoms with Gasteiger partial charge in [0.05, 0.1) is 11.0 Å². The molecular formula is C15H20FN3. The van der Waals surface area contributed by atoms with Gasteiger partial charge < -0.3 is 9.88 Å². The average molecular weight is 261 g/mol. The molecule has 2 heterocycles. The van der Waals surface area contributed by atoms with Crippen molar-refractivity contribution in [2.45, 2.75) is 45.2 Å². The van der Waals surface area contributed by atoms with E-state index < -0.39 is 0 Å². The fourth-order valence-corrected chi connectivity index (χ4v) is 3.11. The highest BCUT2D eigenvalue weighted by Gasteiger charge is 2.30. The molecule has 3 nitrogen and oxygen atoms in total. The summed E-state index contributed by atoms with van der Waals surface area (Å²) in [7, 11) is 0. The van der Waals surface area contributed by atoms with Crippen molar-refractivity contribution in [3.05, 3.63) is 29.8 Å². The van der Waals surface area contributed by atoms with Crippen LogP contribution in [0.3, 0.4) is 0 Å². The number of hydrogen-bond acceptors (Lipinski definition) is 2. The van der Waals surface area contributed by atoms with Gasteiger partial charge in [-0.1, -0.05) is 0 Å². The maximum absolute atomic E-state index is 13.4. The molecule has 1 N–H and O–H groups in total. The van der Waals surface area contributed by atoms with E-state index in [0.717, 1.165) is 29.8 Å².